The largest absolute Gasteiger partial charge is 0.310 e. The first-order valence-corrected chi connectivity index (χ1v) is 12.0. The van der Waals surface area contributed by atoms with Crippen LogP contribution in [-0.4, -0.2) is 9.13 Å². The number of allylic oxidation sites excluding steroid dienone is 1. The molecule has 2 nitrogen and oxygen atoms in total. The Balaban J connectivity index is 1.53. The number of hydrogen-bond acceptors (Lipinski definition) is 0. The maximum atomic E-state index is 2.45. The first kappa shape index (κ1) is 18.8. The lowest BCUT2D eigenvalue weighted by Gasteiger charge is -2.15. The number of nitrogens with zero attached hydrogens (tertiary/aromatic N) is 2. The Hall–Kier alpha value is -3.78. The minimum atomic E-state index is 0.550. The third-order valence-corrected chi connectivity index (χ3v) is 7.29. The van der Waals surface area contributed by atoms with Gasteiger partial charge in [0.1, 0.15) is 0 Å². The van der Waals surface area contributed by atoms with Crippen molar-refractivity contribution in [3.8, 4) is 11.4 Å². The van der Waals surface area contributed by atoms with E-state index in [1.165, 1.54) is 55.0 Å². The van der Waals surface area contributed by atoms with E-state index in [2.05, 4.69) is 113 Å². The Labute approximate surface area is 193 Å². The van der Waals surface area contributed by atoms with E-state index in [0.29, 0.717) is 5.92 Å². The highest BCUT2D eigenvalue weighted by Crippen LogP contribution is 2.34. The Morgan fingerprint density at radius 1 is 0.788 bits per heavy atom. The molecule has 0 radical (unpaired) electrons. The van der Waals surface area contributed by atoms with Gasteiger partial charge >= 0.3 is 0 Å². The summed E-state index contributed by atoms with van der Waals surface area (Å²) in [5.74, 6) is 0.550. The van der Waals surface area contributed by atoms with Crippen LogP contribution in [0.25, 0.3) is 51.4 Å². The van der Waals surface area contributed by atoms with Crippen LogP contribution in [-0.2, 0) is 6.42 Å². The van der Waals surface area contributed by atoms with Gasteiger partial charge in [0.05, 0.1) is 16.4 Å². The summed E-state index contributed by atoms with van der Waals surface area (Å²) in [5, 5.41) is 5.42. The summed E-state index contributed by atoms with van der Waals surface area (Å²) in [5.41, 5.74) is 7.80. The lowest BCUT2D eigenvalue weighted by Crippen LogP contribution is -2.31. The van der Waals surface area contributed by atoms with Crippen molar-refractivity contribution in [3.63, 3.8) is 0 Å². The second kappa shape index (κ2) is 7.11. The highest BCUT2D eigenvalue weighted by molar-refractivity contribution is 5.91. The Kier molecular flexibility index (Phi) is 4.04. The van der Waals surface area contributed by atoms with Crippen molar-refractivity contribution in [1.29, 1.82) is 0 Å². The SMILES string of the molecule is CC1C=c2c(c3ccccc3n2-c2cccc(-n3c4c(c5ccccc53)CCC=C4)c2)=CC1. The molecule has 7 rings (SSSR count). The highest BCUT2D eigenvalue weighted by atomic mass is 15.0. The quantitative estimate of drug-likeness (QED) is 0.321. The lowest BCUT2D eigenvalue weighted by molar-refractivity contribution is 0.792. The Bertz CT molecular complexity index is 1710. The van der Waals surface area contributed by atoms with Crippen molar-refractivity contribution < 1.29 is 0 Å². The predicted octanol–water partition coefficient (Wildman–Crippen LogP) is 6.13. The van der Waals surface area contributed by atoms with E-state index in [1.807, 2.05) is 0 Å². The summed E-state index contributed by atoms with van der Waals surface area (Å²) in [6, 6.07) is 26.7. The van der Waals surface area contributed by atoms with Crippen LogP contribution in [0.5, 0.6) is 0 Å². The number of fused-ring (bicyclic) bond motifs is 6. The van der Waals surface area contributed by atoms with E-state index < -0.39 is 0 Å². The molecule has 0 spiro atoms. The highest BCUT2D eigenvalue weighted by Gasteiger charge is 2.19. The van der Waals surface area contributed by atoms with Crippen LogP contribution in [0, 0.1) is 5.92 Å². The van der Waals surface area contributed by atoms with Crippen molar-refractivity contribution in [2.45, 2.75) is 26.2 Å². The zero-order valence-corrected chi connectivity index (χ0v) is 18.8. The molecule has 0 saturated carbocycles. The summed E-state index contributed by atoms with van der Waals surface area (Å²) < 4.78 is 4.90. The average molecular weight is 427 g/mol. The fraction of sp³-hybridized carbons (Fsp3) is 0.161. The third-order valence-electron chi connectivity index (χ3n) is 7.29. The topological polar surface area (TPSA) is 9.86 Å². The zero-order valence-electron chi connectivity index (χ0n) is 18.8. The molecule has 2 aliphatic rings. The average Bonchev–Trinajstić information content (AvgIpc) is 3.37. The molecule has 0 amide bonds. The van der Waals surface area contributed by atoms with Gasteiger partial charge in [-0.1, -0.05) is 67.6 Å². The molecule has 1 unspecified atom stereocenters. The molecular formula is C31H26N2. The summed E-state index contributed by atoms with van der Waals surface area (Å²) in [4.78, 5) is 0. The van der Waals surface area contributed by atoms with Crippen LogP contribution in [0.1, 0.15) is 31.0 Å². The van der Waals surface area contributed by atoms with E-state index >= 15 is 0 Å². The molecule has 2 heteroatoms. The van der Waals surface area contributed by atoms with E-state index in [4.69, 9.17) is 0 Å². The van der Waals surface area contributed by atoms with Crippen molar-refractivity contribution in [3.05, 3.63) is 101 Å². The first-order chi connectivity index (χ1) is 16.3. The smallest absolute Gasteiger partial charge is 0.0540 e. The van der Waals surface area contributed by atoms with Crippen LogP contribution in [0.3, 0.4) is 0 Å². The normalized spacial score (nSPS) is 16.9. The van der Waals surface area contributed by atoms with Gasteiger partial charge in [-0.25, -0.2) is 0 Å². The Morgan fingerprint density at radius 3 is 2.36 bits per heavy atom. The van der Waals surface area contributed by atoms with Crippen LogP contribution >= 0.6 is 0 Å². The fourth-order valence-electron chi connectivity index (χ4n) is 5.82. The van der Waals surface area contributed by atoms with Gasteiger partial charge in [0.15, 0.2) is 0 Å². The summed E-state index contributed by atoms with van der Waals surface area (Å²) >= 11 is 0. The van der Waals surface area contributed by atoms with Crippen LogP contribution < -0.4 is 10.6 Å². The van der Waals surface area contributed by atoms with Gasteiger partial charge in [-0.3, -0.25) is 0 Å². The monoisotopic (exact) mass is 426 g/mol. The number of benzene rings is 3. The standard InChI is InChI=1S/C31H26N2/c1-21-17-18-27-26-13-4-7-16-30(26)33(31(27)19-21)23-10-8-9-22(20-23)32-28-14-5-2-11-24(28)25-12-3-6-15-29(25)32/h2,4-11,13-16,18-21H,3,12,17H2,1H3. The number of aryl methyl sites for hydroxylation is 1. The minimum Gasteiger partial charge on any atom is -0.310 e. The van der Waals surface area contributed by atoms with Gasteiger partial charge < -0.3 is 9.13 Å². The van der Waals surface area contributed by atoms with E-state index in [0.717, 1.165) is 19.3 Å². The van der Waals surface area contributed by atoms with Crippen LogP contribution in [0.4, 0.5) is 0 Å². The summed E-state index contributed by atoms with van der Waals surface area (Å²) in [7, 11) is 0. The molecule has 3 aromatic carbocycles. The molecule has 0 fully saturated rings. The molecule has 0 bridgehead atoms. The maximum absolute atomic E-state index is 2.45. The molecule has 2 heterocycles. The summed E-state index contributed by atoms with van der Waals surface area (Å²) in [6.45, 7) is 2.31. The van der Waals surface area contributed by atoms with Crippen molar-refractivity contribution in [2.24, 2.45) is 5.92 Å². The molecule has 1 atom stereocenters. The molecule has 5 aromatic rings. The van der Waals surface area contributed by atoms with Gasteiger partial charge in [0, 0.05) is 33.1 Å². The van der Waals surface area contributed by atoms with E-state index in [1.54, 1.807) is 0 Å². The number of aromatic nitrogens is 2. The number of rotatable bonds is 2. The van der Waals surface area contributed by atoms with Crippen LogP contribution in [0.15, 0.2) is 78.9 Å². The lowest BCUT2D eigenvalue weighted by atomic mass is 10.0. The predicted molar refractivity (Wildman–Crippen MR) is 139 cm³/mol. The van der Waals surface area contributed by atoms with Crippen molar-refractivity contribution in [2.75, 3.05) is 0 Å². The van der Waals surface area contributed by atoms with Gasteiger partial charge in [-0.05, 0) is 67.2 Å². The molecule has 160 valence electrons. The third kappa shape index (κ3) is 2.74. The van der Waals surface area contributed by atoms with Gasteiger partial charge in [-0.2, -0.15) is 0 Å². The van der Waals surface area contributed by atoms with Crippen molar-refractivity contribution in [1.82, 2.24) is 9.13 Å². The molecule has 2 aliphatic carbocycles. The van der Waals surface area contributed by atoms with E-state index in [-0.39, 0.29) is 0 Å². The zero-order chi connectivity index (χ0) is 21.9. The Morgan fingerprint density at radius 2 is 1.52 bits per heavy atom. The second-order valence-corrected chi connectivity index (χ2v) is 9.41. The fourth-order valence-corrected chi connectivity index (χ4v) is 5.82. The summed E-state index contributed by atoms with van der Waals surface area (Å²) in [6.07, 6.45) is 12.8. The molecule has 0 saturated heterocycles. The number of para-hydroxylation sites is 2. The molecule has 33 heavy (non-hydrogen) atoms. The molecule has 0 aliphatic heterocycles. The van der Waals surface area contributed by atoms with Crippen molar-refractivity contribution >= 4 is 40.0 Å². The van der Waals surface area contributed by atoms with Crippen LogP contribution in [0.2, 0.25) is 0 Å². The molecule has 2 aromatic heterocycles. The minimum absolute atomic E-state index is 0.550. The maximum Gasteiger partial charge on any atom is 0.0540 e. The van der Waals surface area contributed by atoms with Gasteiger partial charge in [0.2, 0.25) is 0 Å². The molecular weight excluding hydrogens is 400 g/mol. The van der Waals surface area contributed by atoms with Gasteiger partial charge in [0.25, 0.3) is 0 Å². The molecule has 0 N–H and O–H groups in total. The first-order valence-electron chi connectivity index (χ1n) is 12.0. The van der Waals surface area contributed by atoms with Gasteiger partial charge in [-0.15, -0.1) is 0 Å². The number of hydrogen-bond donors (Lipinski definition) is 0. The second-order valence-electron chi connectivity index (χ2n) is 9.41. The van der Waals surface area contributed by atoms with E-state index in [9.17, 15) is 0 Å².